The lowest BCUT2D eigenvalue weighted by Gasteiger charge is -2.32. The number of fused-ring (bicyclic) bond motifs is 1. The van der Waals surface area contributed by atoms with Crippen LogP contribution >= 0.6 is 37.2 Å². The Labute approximate surface area is 215 Å². The van der Waals surface area contributed by atoms with E-state index in [-0.39, 0.29) is 66.4 Å². The van der Waals surface area contributed by atoms with Gasteiger partial charge >= 0.3 is 0 Å². The van der Waals surface area contributed by atoms with Gasteiger partial charge < -0.3 is 32.1 Å². The van der Waals surface area contributed by atoms with Gasteiger partial charge in [-0.1, -0.05) is 31.4 Å². The summed E-state index contributed by atoms with van der Waals surface area (Å²) in [4.78, 5) is 0. The fourth-order valence-electron chi connectivity index (χ4n) is 4.45. The van der Waals surface area contributed by atoms with Crippen molar-refractivity contribution in [1.29, 1.82) is 0 Å². The molecule has 0 amide bonds. The lowest BCUT2D eigenvalue weighted by molar-refractivity contribution is 0.380. The van der Waals surface area contributed by atoms with E-state index in [2.05, 4.69) is 5.32 Å². The minimum Gasteiger partial charge on any atom is -0.506 e. The molecule has 8 N–H and O–H groups in total. The van der Waals surface area contributed by atoms with Gasteiger partial charge in [0.2, 0.25) is 0 Å². The Balaban J connectivity index is 0.00000341. The van der Waals surface area contributed by atoms with Crippen LogP contribution in [0.5, 0.6) is 17.2 Å². The van der Waals surface area contributed by atoms with Crippen LogP contribution in [0.25, 0.3) is 0 Å². The van der Waals surface area contributed by atoms with Crippen LogP contribution in [0.15, 0.2) is 30.3 Å². The Morgan fingerprint density at radius 3 is 2.30 bits per heavy atom. The Hall–Kier alpha value is -1.57. The van der Waals surface area contributed by atoms with E-state index in [0.29, 0.717) is 5.69 Å². The number of anilines is 1. The number of hydrogen-bond donors (Lipinski definition) is 6. The van der Waals surface area contributed by atoms with Crippen molar-refractivity contribution in [2.24, 2.45) is 5.73 Å². The minimum absolute atomic E-state index is 0. The van der Waals surface area contributed by atoms with Crippen LogP contribution in [0, 0.1) is 0 Å². The number of hydrogen-bond acceptors (Lipinski definition) is 6. The van der Waals surface area contributed by atoms with E-state index in [0.717, 1.165) is 68.3 Å². The molecule has 2 aromatic rings. The summed E-state index contributed by atoms with van der Waals surface area (Å²) in [5, 5.41) is 32.8. The third kappa shape index (κ3) is 8.62. The molecule has 6 nitrogen and oxygen atoms in total. The summed E-state index contributed by atoms with van der Waals surface area (Å²) in [6, 6.07) is 9.01. The van der Waals surface area contributed by atoms with E-state index in [1.165, 1.54) is 12.8 Å². The molecule has 0 saturated carbocycles. The molecule has 2 aromatic carbocycles. The van der Waals surface area contributed by atoms with Crippen LogP contribution in [0.2, 0.25) is 0 Å². The average molecular weight is 523 g/mol. The normalized spacial score (nSPS) is 16.6. The van der Waals surface area contributed by atoms with Crippen molar-refractivity contribution in [2.75, 3.05) is 18.8 Å². The van der Waals surface area contributed by atoms with Gasteiger partial charge in [-0.05, 0) is 80.4 Å². The van der Waals surface area contributed by atoms with Gasteiger partial charge in [-0.15, -0.1) is 37.2 Å². The summed E-state index contributed by atoms with van der Waals surface area (Å²) in [6.45, 7) is 1.89. The molecule has 0 aliphatic heterocycles. The van der Waals surface area contributed by atoms with E-state index in [1.807, 2.05) is 18.2 Å². The molecule has 2 unspecified atom stereocenters. The lowest BCUT2D eigenvalue weighted by atomic mass is 9.76. The van der Waals surface area contributed by atoms with Crippen molar-refractivity contribution in [3.05, 3.63) is 47.0 Å². The zero-order valence-electron chi connectivity index (χ0n) is 18.8. The summed E-state index contributed by atoms with van der Waals surface area (Å²) in [5.74, 6) is 0.394. The SMILES string of the molecule is Cl.Cl.Cl.Nc1cc(CCNCCCCCCC2c3ccc(O)c(O)c3CCC2N)ccc1O. The number of phenolic OH excluding ortho intramolecular Hbond substituents is 3. The van der Waals surface area contributed by atoms with Gasteiger partial charge in [-0.25, -0.2) is 0 Å². The van der Waals surface area contributed by atoms with Crippen molar-refractivity contribution < 1.29 is 15.3 Å². The van der Waals surface area contributed by atoms with Gasteiger partial charge in [-0.2, -0.15) is 0 Å². The first-order valence-corrected chi connectivity index (χ1v) is 11.0. The van der Waals surface area contributed by atoms with E-state index < -0.39 is 0 Å². The average Bonchev–Trinajstić information content (AvgIpc) is 2.73. The number of nitrogens with two attached hydrogens (primary N) is 2. The number of unbranched alkanes of at least 4 members (excludes halogenated alkanes) is 3. The summed E-state index contributed by atoms with van der Waals surface area (Å²) < 4.78 is 0. The molecule has 1 aliphatic carbocycles. The monoisotopic (exact) mass is 521 g/mol. The number of halogens is 3. The van der Waals surface area contributed by atoms with Gasteiger partial charge in [0.15, 0.2) is 11.5 Å². The Bertz CT molecular complexity index is 855. The minimum atomic E-state index is -0.0376. The van der Waals surface area contributed by atoms with E-state index in [9.17, 15) is 15.3 Å². The second kappa shape index (κ2) is 15.4. The highest BCUT2D eigenvalue weighted by Gasteiger charge is 2.29. The van der Waals surface area contributed by atoms with Crippen molar-refractivity contribution in [1.82, 2.24) is 5.32 Å². The first-order valence-electron chi connectivity index (χ1n) is 11.0. The molecule has 0 radical (unpaired) electrons. The summed E-state index contributed by atoms with van der Waals surface area (Å²) in [7, 11) is 0. The molecule has 3 rings (SSSR count). The molecule has 0 heterocycles. The van der Waals surface area contributed by atoms with Gasteiger partial charge in [0.25, 0.3) is 0 Å². The topological polar surface area (TPSA) is 125 Å². The fourth-order valence-corrected chi connectivity index (χ4v) is 4.45. The van der Waals surface area contributed by atoms with Crippen LogP contribution in [0.4, 0.5) is 5.69 Å². The number of benzene rings is 2. The summed E-state index contributed by atoms with van der Waals surface area (Å²) in [6.07, 6.45) is 8.10. The summed E-state index contributed by atoms with van der Waals surface area (Å²) >= 11 is 0. The first kappa shape index (κ1) is 31.4. The molecule has 0 fully saturated rings. The zero-order valence-corrected chi connectivity index (χ0v) is 21.3. The predicted octanol–water partition coefficient (Wildman–Crippen LogP) is 4.79. The van der Waals surface area contributed by atoms with Gasteiger partial charge in [-0.3, -0.25) is 0 Å². The van der Waals surface area contributed by atoms with Crippen molar-refractivity contribution in [3.63, 3.8) is 0 Å². The maximum absolute atomic E-state index is 10.1. The molecule has 188 valence electrons. The molecular weight excluding hydrogens is 485 g/mol. The van der Waals surface area contributed by atoms with Gasteiger partial charge in [0.05, 0.1) is 5.69 Å². The number of phenols is 3. The molecule has 0 bridgehead atoms. The standard InChI is InChI=1S/C24H35N3O3.3ClH/c25-20-9-7-19-17(8-11-23(29)24(19)30)18(20)5-3-1-2-4-13-27-14-12-16-6-10-22(28)21(26)15-16;;;/h6,8,10-11,15,18,20,27-30H,1-5,7,9,12-14,25-26H2;3*1H. The first-order chi connectivity index (χ1) is 14.5. The van der Waals surface area contributed by atoms with E-state index in [4.69, 9.17) is 11.5 Å². The van der Waals surface area contributed by atoms with Crippen LogP contribution in [0.1, 0.15) is 61.1 Å². The Morgan fingerprint density at radius 2 is 1.58 bits per heavy atom. The molecular formula is C24H38Cl3N3O3. The highest BCUT2D eigenvalue weighted by molar-refractivity contribution is 5.86. The van der Waals surface area contributed by atoms with Crippen LogP contribution in [0.3, 0.4) is 0 Å². The second-order valence-corrected chi connectivity index (χ2v) is 8.41. The van der Waals surface area contributed by atoms with E-state index >= 15 is 0 Å². The highest BCUT2D eigenvalue weighted by Crippen LogP contribution is 2.42. The predicted molar refractivity (Wildman–Crippen MR) is 143 cm³/mol. The Kier molecular flexibility index (Phi) is 14.6. The maximum atomic E-state index is 10.1. The van der Waals surface area contributed by atoms with Crippen molar-refractivity contribution >= 4 is 42.9 Å². The van der Waals surface area contributed by atoms with Crippen LogP contribution in [-0.4, -0.2) is 34.5 Å². The molecule has 0 aromatic heterocycles. The Morgan fingerprint density at radius 1 is 0.879 bits per heavy atom. The maximum Gasteiger partial charge on any atom is 0.160 e. The fraction of sp³-hybridized carbons (Fsp3) is 0.500. The molecule has 0 saturated heterocycles. The molecule has 2 atom stereocenters. The van der Waals surface area contributed by atoms with E-state index in [1.54, 1.807) is 12.1 Å². The summed E-state index contributed by atoms with van der Waals surface area (Å²) in [5.41, 5.74) is 15.6. The lowest BCUT2D eigenvalue weighted by Crippen LogP contribution is -2.33. The number of nitrogen functional groups attached to an aromatic ring is 1. The molecule has 9 heteroatoms. The van der Waals surface area contributed by atoms with Crippen LogP contribution in [-0.2, 0) is 12.8 Å². The van der Waals surface area contributed by atoms with Gasteiger partial charge in [0.1, 0.15) is 5.75 Å². The van der Waals surface area contributed by atoms with Crippen molar-refractivity contribution in [3.8, 4) is 17.2 Å². The smallest absolute Gasteiger partial charge is 0.160 e. The third-order valence-electron chi connectivity index (χ3n) is 6.24. The number of aromatic hydroxyl groups is 3. The van der Waals surface area contributed by atoms with Crippen molar-refractivity contribution in [2.45, 2.75) is 63.3 Å². The molecule has 33 heavy (non-hydrogen) atoms. The molecule has 1 aliphatic rings. The number of rotatable bonds is 10. The quantitative estimate of drug-likeness (QED) is 0.151. The largest absolute Gasteiger partial charge is 0.506 e. The van der Waals surface area contributed by atoms with Crippen LogP contribution < -0.4 is 16.8 Å². The second-order valence-electron chi connectivity index (χ2n) is 8.41. The zero-order chi connectivity index (χ0) is 21.5. The third-order valence-corrected chi connectivity index (χ3v) is 6.24. The molecule has 0 spiro atoms. The van der Waals surface area contributed by atoms with Gasteiger partial charge in [0, 0.05) is 11.6 Å². The number of nitrogens with one attached hydrogen (secondary N) is 1. The highest BCUT2D eigenvalue weighted by atomic mass is 35.5.